The Morgan fingerprint density at radius 2 is 2.00 bits per heavy atom. The molecular formula is C14H14Cl2N2O4S. The van der Waals surface area contributed by atoms with Crippen molar-refractivity contribution in [1.82, 2.24) is 4.98 Å². The van der Waals surface area contributed by atoms with Crippen molar-refractivity contribution in [2.24, 2.45) is 0 Å². The summed E-state index contributed by atoms with van der Waals surface area (Å²) in [5, 5.41) is 9.13. The van der Waals surface area contributed by atoms with E-state index in [1.165, 1.54) is 30.5 Å². The quantitative estimate of drug-likeness (QED) is 0.808. The molecule has 0 fully saturated rings. The van der Waals surface area contributed by atoms with E-state index in [-0.39, 0.29) is 34.7 Å². The van der Waals surface area contributed by atoms with E-state index < -0.39 is 10.0 Å². The Bertz CT molecular complexity index is 812. The van der Waals surface area contributed by atoms with Crippen LogP contribution in [-0.2, 0) is 10.0 Å². The molecule has 23 heavy (non-hydrogen) atoms. The van der Waals surface area contributed by atoms with Gasteiger partial charge in [-0.25, -0.2) is 13.4 Å². The highest BCUT2D eigenvalue weighted by Gasteiger charge is 2.20. The van der Waals surface area contributed by atoms with Crippen LogP contribution in [0.1, 0.15) is 5.56 Å². The molecule has 2 N–H and O–H groups in total. The Morgan fingerprint density at radius 1 is 1.26 bits per heavy atom. The van der Waals surface area contributed by atoms with Crippen molar-refractivity contribution in [3.63, 3.8) is 0 Å². The maximum absolute atomic E-state index is 12.5. The number of aromatic nitrogens is 1. The Kier molecular flexibility index (Phi) is 5.69. The smallest absolute Gasteiger partial charge is 0.263 e. The Balaban J connectivity index is 2.30. The third-order valence-electron chi connectivity index (χ3n) is 2.83. The number of rotatable bonds is 6. The second-order valence-corrected chi connectivity index (χ2v) is 7.06. The van der Waals surface area contributed by atoms with Gasteiger partial charge in [0.05, 0.1) is 17.3 Å². The average molecular weight is 377 g/mol. The van der Waals surface area contributed by atoms with Gasteiger partial charge >= 0.3 is 0 Å². The minimum Gasteiger partial charge on any atom is -0.475 e. The van der Waals surface area contributed by atoms with Crippen molar-refractivity contribution < 1.29 is 18.3 Å². The number of ether oxygens (including phenoxy) is 1. The van der Waals surface area contributed by atoms with E-state index in [1.807, 2.05) is 0 Å². The number of benzene rings is 1. The second-order valence-electron chi connectivity index (χ2n) is 4.59. The molecule has 0 aliphatic rings. The molecular weight excluding hydrogens is 363 g/mol. The van der Waals surface area contributed by atoms with Gasteiger partial charge in [0, 0.05) is 17.3 Å². The van der Waals surface area contributed by atoms with E-state index in [2.05, 4.69) is 9.71 Å². The topological polar surface area (TPSA) is 88.5 Å². The molecule has 0 spiro atoms. The summed E-state index contributed by atoms with van der Waals surface area (Å²) >= 11 is 11.9. The number of sulfonamides is 1. The first-order chi connectivity index (χ1) is 10.8. The molecule has 2 rings (SSSR count). The molecule has 0 aliphatic heterocycles. The molecule has 1 heterocycles. The summed E-state index contributed by atoms with van der Waals surface area (Å²) in [5.74, 6) is 0.192. The predicted molar refractivity (Wildman–Crippen MR) is 88.8 cm³/mol. The van der Waals surface area contributed by atoms with E-state index in [4.69, 9.17) is 33.0 Å². The molecule has 0 atom stereocenters. The van der Waals surface area contributed by atoms with Crippen LogP contribution in [0, 0.1) is 6.92 Å². The highest BCUT2D eigenvalue weighted by atomic mass is 35.5. The Morgan fingerprint density at radius 3 is 2.70 bits per heavy atom. The molecule has 0 radical (unpaired) electrons. The number of nitrogens with zero attached hydrogens (tertiary/aromatic N) is 1. The summed E-state index contributed by atoms with van der Waals surface area (Å²) in [4.78, 5) is 3.84. The third-order valence-corrected chi connectivity index (χ3v) is 5.08. The second kappa shape index (κ2) is 7.35. The number of hydrogen-bond acceptors (Lipinski definition) is 5. The van der Waals surface area contributed by atoms with Gasteiger partial charge < -0.3 is 9.84 Å². The molecule has 0 unspecified atom stereocenters. The van der Waals surface area contributed by atoms with Crippen LogP contribution >= 0.6 is 23.2 Å². The molecule has 1 aromatic carbocycles. The molecule has 2 aromatic rings. The van der Waals surface area contributed by atoms with Crippen molar-refractivity contribution >= 4 is 38.9 Å². The minimum absolute atomic E-state index is 0.0268. The number of halogens is 2. The molecule has 0 saturated heterocycles. The largest absolute Gasteiger partial charge is 0.475 e. The molecule has 0 saturated carbocycles. The molecule has 9 heteroatoms. The molecule has 0 bridgehead atoms. The average Bonchev–Trinajstić information content (AvgIpc) is 2.48. The lowest BCUT2D eigenvalue weighted by atomic mass is 10.2. The number of hydrogen-bond donors (Lipinski definition) is 2. The predicted octanol–water partition coefficient (Wildman–Crippen LogP) is 2.87. The van der Waals surface area contributed by atoms with E-state index in [0.29, 0.717) is 10.6 Å². The number of anilines is 1. The first-order valence-electron chi connectivity index (χ1n) is 6.51. The molecule has 1 aromatic heterocycles. The maximum Gasteiger partial charge on any atom is 0.263 e. The third kappa shape index (κ3) is 4.48. The van der Waals surface area contributed by atoms with Gasteiger partial charge in [-0.1, -0.05) is 23.2 Å². The number of aliphatic hydroxyl groups is 1. The monoisotopic (exact) mass is 376 g/mol. The van der Waals surface area contributed by atoms with Crippen LogP contribution in [-0.4, -0.2) is 31.7 Å². The van der Waals surface area contributed by atoms with Crippen LogP contribution in [0.4, 0.5) is 5.69 Å². The van der Waals surface area contributed by atoms with Gasteiger partial charge in [0.2, 0.25) is 5.88 Å². The van der Waals surface area contributed by atoms with Gasteiger partial charge in [0.25, 0.3) is 10.0 Å². The van der Waals surface area contributed by atoms with Crippen molar-refractivity contribution in [2.75, 3.05) is 17.9 Å². The molecule has 6 nitrogen and oxygen atoms in total. The molecule has 0 aliphatic carbocycles. The summed E-state index contributed by atoms with van der Waals surface area (Å²) in [6, 6.07) is 5.66. The Labute approximate surface area is 144 Å². The van der Waals surface area contributed by atoms with Crippen LogP contribution < -0.4 is 9.46 Å². The van der Waals surface area contributed by atoms with E-state index in [9.17, 15) is 8.42 Å². The zero-order valence-corrected chi connectivity index (χ0v) is 14.4. The SMILES string of the molecule is Cc1cc(S(=O)(=O)Nc2ccnc(OCCO)c2)c(Cl)cc1Cl. The van der Waals surface area contributed by atoms with Crippen LogP contribution in [0.15, 0.2) is 35.4 Å². The summed E-state index contributed by atoms with van der Waals surface area (Å²) < 4.78 is 32.5. The molecule has 124 valence electrons. The first-order valence-corrected chi connectivity index (χ1v) is 8.75. The summed E-state index contributed by atoms with van der Waals surface area (Å²) in [5.41, 5.74) is 0.856. The van der Waals surface area contributed by atoms with Crippen molar-refractivity contribution in [3.8, 4) is 5.88 Å². The zero-order chi connectivity index (χ0) is 17.0. The van der Waals surface area contributed by atoms with Crippen molar-refractivity contribution in [3.05, 3.63) is 46.1 Å². The number of aryl methyl sites for hydroxylation is 1. The summed E-state index contributed by atoms with van der Waals surface area (Å²) in [6.07, 6.45) is 1.39. The first kappa shape index (κ1) is 17.8. The van der Waals surface area contributed by atoms with E-state index in [0.717, 1.165) is 0 Å². The van der Waals surface area contributed by atoms with Gasteiger partial charge in [0.15, 0.2) is 0 Å². The summed E-state index contributed by atoms with van der Waals surface area (Å²) in [6.45, 7) is 1.58. The molecule has 0 amide bonds. The highest BCUT2D eigenvalue weighted by Crippen LogP contribution is 2.29. The van der Waals surface area contributed by atoms with Crippen LogP contribution in [0.5, 0.6) is 5.88 Å². The van der Waals surface area contributed by atoms with Gasteiger partial charge in [-0.3, -0.25) is 4.72 Å². The fourth-order valence-corrected chi connectivity index (χ4v) is 3.63. The van der Waals surface area contributed by atoms with Crippen LogP contribution in [0.2, 0.25) is 10.0 Å². The van der Waals surface area contributed by atoms with Crippen molar-refractivity contribution in [2.45, 2.75) is 11.8 Å². The summed E-state index contributed by atoms with van der Waals surface area (Å²) in [7, 11) is -3.89. The van der Waals surface area contributed by atoms with E-state index in [1.54, 1.807) is 6.92 Å². The van der Waals surface area contributed by atoms with Gasteiger partial charge in [0.1, 0.15) is 11.5 Å². The standard InChI is InChI=1S/C14H14Cl2N2O4S/c1-9-6-13(12(16)8-11(9)15)23(20,21)18-10-2-3-17-14(7-10)22-5-4-19/h2-3,6-8,19H,4-5H2,1H3,(H,17,18). The van der Waals surface area contributed by atoms with E-state index >= 15 is 0 Å². The normalized spacial score (nSPS) is 11.3. The van der Waals surface area contributed by atoms with Gasteiger partial charge in [-0.05, 0) is 30.7 Å². The van der Waals surface area contributed by atoms with Crippen LogP contribution in [0.3, 0.4) is 0 Å². The maximum atomic E-state index is 12.5. The van der Waals surface area contributed by atoms with Crippen molar-refractivity contribution in [1.29, 1.82) is 0 Å². The number of aliphatic hydroxyl groups excluding tert-OH is 1. The zero-order valence-electron chi connectivity index (χ0n) is 12.1. The number of nitrogens with one attached hydrogen (secondary N) is 1. The fraction of sp³-hybridized carbons (Fsp3) is 0.214. The number of pyridine rings is 1. The minimum atomic E-state index is -3.89. The fourth-order valence-electron chi connectivity index (χ4n) is 1.75. The van der Waals surface area contributed by atoms with Crippen LogP contribution in [0.25, 0.3) is 0 Å². The lowest BCUT2D eigenvalue weighted by Gasteiger charge is -2.12. The lowest BCUT2D eigenvalue weighted by Crippen LogP contribution is -2.14. The Hall–Kier alpha value is -1.54. The van der Waals surface area contributed by atoms with Gasteiger partial charge in [-0.2, -0.15) is 0 Å². The lowest BCUT2D eigenvalue weighted by molar-refractivity contribution is 0.197. The highest BCUT2D eigenvalue weighted by molar-refractivity contribution is 7.92. The van der Waals surface area contributed by atoms with Gasteiger partial charge in [-0.15, -0.1) is 0 Å².